The van der Waals surface area contributed by atoms with Crippen molar-refractivity contribution in [1.82, 2.24) is 19.7 Å². The van der Waals surface area contributed by atoms with Gasteiger partial charge in [0.05, 0.1) is 5.52 Å². The predicted octanol–water partition coefficient (Wildman–Crippen LogP) is 3.78. The van der Waals surface area contributed by atoms with Crippen LogP contribution in [0, 0.1) is 13.8 Å². The maximum absolute atomic E-state index is 12.8. The zero-order chi connectivity index (χ0) is 22.6. The number of benzene rings is 2. The van der Waals surface area contributed by atoms with Crippen LogP contribution in [-0.2, 0) is 10.0 Å². The van der Waals surface area contributed by atoms with E-state index >= 15 is 0 Å². The number of nitrogens with one attached hydrogen (secondary N) is 3. The Kier molecular flexibility index (Phi) is 6.29. The standard InChI is InChI=1S/C23H24N6O2S/c1-16-8-10-19(11-9-16)28-21-15-17(2)27-23(29-21)25-13-14-26-32(30,31)20-7-3-5-18-6-4-12-24-22(18)20/h3-12,15,26H,13-14H2,1-2H3,(H2,25,27,28,29). The summed E-state index contributed by atoms with van der Waals surface area (Å²) < 4.78 is 28.2. The third-order valence-corrected chi connectivity index (χ3v) is 6.26. The quantitative estimate of drug-likeness (QED) is 0.352. The molecule has 2 aromatic carbocycles. The first-order valence-corrected chi connectivity index (χ1v) is 11.7. The van der Waals surface area contributed by atoms with E-state index in [9.17, 15) is 8.42 Å². The molecule has 0 aliphatic heterocycles. The summed E-state index contributed by atoms with van der Waals surface area (Å²) in [5.74, 6) is 1.08. The molecule has 3 N–H and O–H groups in total. The predicted molar refractivity (Wildman–Crippen MR) is 127 cm³/mol. The van der Waals surface area contributed by atoms with Gasteiger partial charge in [-0.05, 0) is 38.1 Å². The summed E-state index contributed by atoms with van der Waals surface area (Å²) in [7, 11) is -3.71. The Bertz CT molecular complexity index is 1340. The zero-order valence-corrected chi connectivity index (χ0v) is 18.6. The minimum absolute atomic E-state index is 0.159. The van der Waals surface area contributed by atoms with Crippen LogP contribution in [0.3, 0.4) is 0 Å². The molecular formula is C23H24N6O2S. The van der Waals surface area contributed by atoms with Crippen molar-refractivity contribution in [3.63, 3.8) is 0 Å². The molecule has 0 unspecified atom stereocenters. The van der Waals surface area contributed by atoms with Crippen LogP contribution in [0.5, 0.6) is 0 Å². The van der Waals surface area contributed by atoms with Gasteiger partial charge in [0.1, 0.15) is 10.7 Å². The van der Waals surface area contributed by atoms with Crippen molar-refractivity contribution in [2.45, 2.75) is 18.7 Å². The minimum atomic E-state index is -3.71. The van der Waals surface area contributed by atoms with Crippen molar-refractivity contribution in [1.29, 1.82) is 0 Å². The molecule has 4 rings (SSSR count). The number of hydrogen-bond acceptors (Lipinski definition) is 7. The Labute approximate surface area is 187 Å². The molecule has 0 aliphatic carbocycles. The van der Waals surface area contributed by atoms with E-state index in [-0.39, 0.29) is 11.4 Å². The van der Waals surface area contributed by atoms with Gasteiger partial charge >= 0.3 is 0 Å². The molecule has 8 nitrogen and oxygen atoms in total. The van der Waals surface area contributed by atoms with Crippen molar-refractivity contribution in [3.8, 4) is 0 Å². The highest BCUT2D eigenvalue weighted by atomic mass is 32.2. The molecule has 2 aromatic heterocycles. The normalized spacial score (nSPS) is 11.4. The largest absolute Gasteiger partial charge is 0.353 e. The van der Waals surface area contributed by atoms with Gasteiger partial charge in [0.25, 0.3) is 0 Å². The topological polar surface area (TPSA) is 109 Å². The first-order chi connectivity index (χ1) is 15.4. The number of hydrogen-bond donors (Lipinski definition) is 3. The molecule has 0 atom stereocenters. The molecular weight excluding hydrogens is 424 g/mol. The first-order valence-electron chi connectivity index (χ1n) is 10.2. The monoisotopic (exact) mass is 448 g/mol. The fraction of sp³-hybridized carbons (Fsp3) is 0.174. The summed E-state index contributed by atoms with van der Waals surface area (Å²) in [6, 6.07) is 18.6. The molecule has 0 radical (unpaired) electrons. The molecule has 0 aliphatic rings. The van der Waals surface area contributed by atoms with Crippen LogP contribution in [-0.4, -0.2) is 36.5 Å². The van der Waals surface area contributed by atoms with Gasteiger partial charge < -0.3 is 10.6 Å². The average Bonchev–Trinajstić information content (AvgIpc) is 2.77. The number of fused-ring (bicyclic) bond motifs is 1. The summed E-state index contributed by atoms with van der Waals surface area (Å²) in [5.41, 5.74) is 3.35. The van der Waals surface area contributed by atoms with Crippen LogP contribution in [0.25, 0.3) is 10.9 Å². The highest BCUT2D eigenvalue weighted by molar-refractivity contribution is 7.89. The highest BCUT2D eigenvalue weighted by Crippen LogP contribution is 2.20. The Hall–Kier alpha value is -3.56. The molecule has 2 heterocycles. The number of aromatic nitrogens is 3. The molecule has 32 heavy (non-hydrogen) atoms. The maximum Gasteiger partial charge on any atom is 0.242 e. The van der Waals surface area contributed by atoms with Gasteiger partial charge in [-0.1, -0.05) is 35.9 Å². The lowest BCUT2D eigenvalue weighted by Crippen LogP contribution is -2.29. The van der Waals surface area contributed by atoms with Crippen LogP contribution >= 0.6 is 0 Å². The summed E-state index contributed by atoms with van der Waals surface area (Å²) in [6.07, 6.45) is 1.58. The SMILES string of the molecule is Cc1ccc(Nc2cc(C)nc(NCCNS(=O)(=O)c3cccc4cccnc34)n2)cc1. The van der Waals surface area contributed by atoms with Crippen LogP contribution in [0.1, 0.15) is 11.3 Å². The Morgan fingerprint density at radius 1 is 0.906 bits per heavy atom. The number of nitrogens with zero attached hydrogens (tertiary/aromatic N) is 3. The van der Waals surface area contributed by atoms with E-state index < -0.39 is 10.0 Å². The Morgan fingerprint density at radius 3 is 2.50 bits per heavy atom. The third-order valence-electron chi connectivity index (χ3n) is 4.76. The number of rotatable bonds is 8. The van der Waals surface area contributed by atoms with Gasteiger partial charge in [0, 0.05) is 42.1 Å². The van der Waals surface area contributed by atoms with Gasteiger partial charge in [0.2, 0.25) is 16.0 Å². The van der Waals surface area contributed by atoms with Crippen molar-refractivity contribution < 1.29 is 8.42 Å². The highest BCUT2D eigenvalue weighted by Gasteiger charge is 2.17. The Morgan fingerprint density at radius 2 is 1.69 bits per heavy atom. The van der Waals surface area contributed by atoms with Gasteiger partial charge in [-0.15, -0.1) is 0 Å². The van der Waals surface area contributed by atoms with Crippen molar-refractivity contribution >= 4 is 38.4 Å². The molecule has 0 bridgehead atoms. The van der Waals surface area contributed by atoms with Crippen LogP contribution in [0.15, 0.2) is 71.8 Å². The summed E-state index contributed by atoms with van der Waals surface area (Å²) in [4.78, 5) is 13.2. The lowest BCUT2D eigenvalue weighted by atomic mass is 10.2. The lowest BCUT2D eigenvalue weighted by molar-refractivity contribution is 0.583. The van der Waals surface area contributed by atoms with E-state index in [0.717, 1.165) is 16.8 Å². The molecule has 4 aromatic rings. The van der Waals surface area contributed by atoms with Crippen molar-refractivity contribution in [2.75, 3.05) is 23.7 Å². The smallest absolute Gasteiger partial charge is 0.242 e. The van der Waals surface area contributed by atoms with E-state index in [1.807, 2.05) is 56.3 Å². The molecule has 0 saturated carbocycles. The molecule has 0 saturated heterocycles. The second kappa shape index (κ2) is 9.29. The third kappa shape index (κ3) is 5.19. The number of para-hydroxylation sites is 1. The van der Waals surface area contributed by atoms with E-state index in [1.165, 1.54) is 5.56 Å². The number of sulfonamides is 1. The van der Waals surface area contributed by atoms with Gasteiger partial charge in [-0.25, -0.2) is 18.1 Å². The molecule has 0 spiro atoms. The number of anilines is 3. The Balaban J connectivity index is 1.39. The fourth-order valence-corrected chi connectivity index (χ4v) is 4.44. The van der Waals surface area contributed by atoms with Gasteiger partial charge in [-0.3, -0.25) is 4.98 Å². The van der Waals surface area contributed by atoms with Crippen LogP contribution in [0.4, 0.5) is 17.5 Å². The molecule has 164 valence electrons. The van der Waals surface area contributed by atoms with Crippen molar-refractivity contribution in [3.05, 3.63) is 78.1 Å². The lowest BCUT2D eigenvalue weighted by Gasteiger charge is -2.11. The second-order valence-corrected chi connectivity index (χ2v) is 9.10. The summed E-state index contributed by atoms with van der Waals surface area (Å²) >= 11 is 0. The summed E-state index contributed by atoms with van der Waals surface area (Å²) in [6.45, 7) is 4.41. The van der Waals surface area contributed by atoms with E-state index in [1.54, 1.807) is 24.4 Å². The minimum Gasteiger partial charge on any atom is -0.353 e. The fourth-order valence-electron chi connectivity index (χ4n) is 3.23. The van der Waals surface area contributed by atoms with Crippen molar-refractivity contribution in [2.24, 2.45) is 0 Å². The maximum atomic E-state index is 12.8. The first kappa shape index (κ1) is 21.7. The van der Waals surface area contributed by atoms with Gasteiger partial charge in [-0.2, -0.15) is 4.98 Å². The average molecular weight is 449 g/mol. The number of aryl methyl sites for hydroxylation is 2. The van der Waals surface area contributed by atoms with E-state index in [0.29, 0.717) is 23.8 Å². The van der Waals surface area contributed by atoms with Gasteiger partial charge in [0.15, 0.2) is 0 Å². The van der Waals surface area contributed by atoms with E-state index in [4.69, 9.17) is 0 Å². The summed E-state index contributed by atoms with van der Waals surface area (Å²) in [5, 5.41) is 7.11. The zero-order valence-electron chi connectivity index (χ0n) is 17.8. The number of pyridine rings is 1. The van der Waals surface area contributed by atoms with Crippen LogP contribution in [0.2, 0.25) is 0 Å². The molecule has 9 heteroatoms. The van der Waals surface area contributed by atoms with Crippen LogP contribution < -0.4 is 15.4 Å². The molecule has 0 fully saturated rings. The second-order valence-electron chi connectivity index (χ2n) is 7.37. The van der Waals surface area contributed by atoms with E-state index in [2.05, 4.69) is 30.3 Å². The molecule has 0 amide bonds.